The zero-order chi connectivity index (χ0) is 22.9. The molecule has 0 radical (unpaired) electrons. The highest BCUT2D eigenvalue weighted by molar-refractivity contribution is 6.08. The molecule has 1 aliphatic rings. The van der Waals surface area contributed by atoms with E-state index in [4.69, 9.17) is 9.15 Å². The van der Waals surface area contributed by atoms with Crippen LogP contribution in [0, 0.1) is 0 Å². The summed E-state index contributed by atoms with van der Waals surface area (Å²) >= 11 is 0. The van der Waals surface area contributed by atoms with Crippen LogP contribution in [-0.2, 0) is 17.8 Å². The number of benzene rings is 3. The first-order valence-corrected chi connectivity index (χ1v) is 10.8. The predicted molar refractivity (Wildman–Crippen MR) is 121 cm³/mol. The number of alkyl halides is 2. The molecule has 1 aliphatic carbocycles. The second kappa shape index (κ2) is 8.73. The van der Waals surface area contributed by atoms with Gasteiger partial charge in [0.25, 0.3) is 0 Å². The van der Waals surface area contributed by atoms with E-state index in [2.05, 4.69) is 4.74 Å². The van der Waals surface area contributed by atoms with Crippen molar-refractivity contribution in [1.82, 2.24) is 4.90 Å². The van der Waals surface area contributed by atoms with Crippen LogP contribution in [0.1, 0.15) is 24.0 Å². The number of rotatable bonds is 8. The third kappa shape index (κ3) is 4.35. The van der Waals surface area contributed by atoms with Gasteiger partial charge in [0.05, 0.1) is 19.8 Å². The number of fused-ring (bicyclic) bond motifs is 3. The summed E-state index contributed by atoms with van der Waals surface area (Å²) in [5.74, 6) is 0.181. The van der Waals surface area contributed by atoms with Crippen LogP contribution < -0.4 is 9.47 Å². The number of methoxy groups -OCH3 is 1. The molecule has 0 aliphatic heterocycles. The van der Waals surface area contributed by atoms with Crippen molar-refractivity contribution in [3.05, 3.63) is 72.0 Å². The molecule has 0 saturated heterocycles. The topological polar surface area (TPSA) is 51.9 Å². The fourth-order valence-electron chi connectivity index (χ4n) is 4.28. The molecule has 0 bridgehead atoms. The molecule has 1 saturated carbocycles. The number of nitrogens with zero attached hydrogens (tertiary/aromatic N) is 1. The summed E-state index contributed by atoms with van der Waals surface area (Å²) in [5, 5.41) is 3.12. The maximum absolute atomic E-state index is 13.4. The Labute approximate surface area is 189 Å². The lowest BCUT2D eigenvalue weighted by Gasteiger charge is -2.23. The first-order chi connectivity index (χ1) is 16.0. The quantitative estimate of drug-likeness (QED) is 0.333. The Balaban J connectivity index is 1.40. The number of carbonyl (C=O) groups is 1. The molecule has 1 amide bonds. The molecule has 3 aromatic carbocycles. The van der Waals surface area contributed by atoms with E-state index in [1.165, 1.54) is 13.2 Å². The molecule has 0 atom stereocenters. The Kier molecular flexibility index (Phi) is 5.62. The fraction of sp³-hybridized carbons (Fsp3) is 0.269. The molecular formula is C26H23F2NO4. The van der Waals surface area contributed by atoms with Crippen molar-refractivity contribution in [2.75, 3.05) is 7.11 Å². The lowest BCUT2D eigenvalue weighted by molar-refractivity contribution is -0.131. The summed E-state index contributed by atoms with van der Waals surface area (Å²) in [5.41, 5.74) is 2.40. The summed E-state index contributed by atoms with van der Waals surface area (Å²) < 4.78 is 40.7. The molecule has 170 valence electrons. The van der Waals surface area contributed by atoms with Crippen LogP contribution in [-0.4, -0.2) is 30.6 Å². The summed E-state index contributed by atoms with van der Waals surface area (Å²) in [6.07, 6.45) is 3.79. The first kappa shape index (κ1) is 21.2. The molecule has 7 heteroatoms. The van der Waals surface area contributed by atoms with Crippen molar-refractivity contribution in [2.24, 2.45) is 0 Å². The average Bonchev–Trinajstić information content (AvgIpc) is 3.57. The van der Waals surface area contributed by atoms with E-state index >= 15 is 0 Å². The van der Waals surface area contributed by atoms with Gasteiger partial charge in [-0.05, 0) is 47.4 Å². The van der Waals surface area contributed by atoms with Crippen molar-refractivity contribution in [1.29, 1.82) is 0 Å². The number of hydrogen-bond acceptors (Lipinski definition) is 4. The second-order valence-electron chi connectivity index (χ2n) is 8.21. The summed E-state index contributed by atoms with van der Waals surface area (Å²) in [4.78, 5) is 15.2. The monoisotopic (exact) mass is 451 g/mol. The molecule has 1 fully saturated rings. The molecule has 1 heterocycles. The second-order valence-corrected chi connectivity index (χ2v) is 8.21. The third-order valence-corrected chi connectivity index (χ3v) is 5.99. The van der Waals surface area contributed by atoms with Crippen LogP contribution in [0.5, 0.6) is 11.5 Å². The van der Waals surface area contributed by atoms with Crippen LogP contribution in [0.4, 0.5) is 8.78 Å². The number of amides is 1. The van der Waals surface area contributed by atoms with E-state index in [-0.39, 0.29) is 29.9 Å². The van der Waals surface area contributed by atoms with Gasteiger partial charge in [-0.3, -0.25) is 4.79 Å². The minimum atomic E-state index is -2.94. The molecule has 5 nitrogen and oxygen atoms in total. The van der Waals surface area contributed by atoms with Crippen molar-refractivity contribution in [3.63, 3.8) is 0 Å². The average molecular weight is 451 g/mol. The fourth-order valence-corrected chi connectivity index (χ4v) is 4.28. The number of carbonyl (C=O) groups excluding carboxylic acids is 1. The van der Waals surface area contributed by atoms with Gasteiger partial charge in [-0.15, -0.1) is 0 Å². The summed E-state index contributed by atoms with van der Waals surface area (Å²) in [6.45, 7) is -2.57. The number of ether oxygens (including phenoxy) is 2. The van der Waals surface area contributed by atoms with Gasteiger partial charge in [0.1, 0.15) is 5.58 Å². The molecule has 1 aromatic heterocycles. The minimum Gasteiger partial charge on any atom is -0.493 e. The van der Waals surface area contributed by atoms with Crippen LogP contribution in [0.25, 0.3) is 21.7 Å². The van der Waals surface area contributed by atoms with Crippen molar-refractivity contribution >= 4 is 27.6 Å². The zero-order valence-corrected chi connectivity index (χ0v) is 18.1. The van der Waals surface area contributed by atoms with Crippen LogP contribution in [0.3, 0.4) is 0 Å². The first-order valence-electron chi connectivity index (χ1n) is 10.8. The Morgan fingerprint density at radius 2 is 1.94 bits per heavy atom. The van der Waals surface area contributed by atoms with Crippen LogP contribution in [0.2, 0.25) is 0 Å². The van der Waals surface area contributed by atoms with E-state index in [9.17, 15) is 13.6 Å². The van der Waals surface area contributed by atoms with Crippen LogP contribution in [0.15, 0.2) is 65.3 Å². The Morgan fingerprint density at radius 3 is 2.70 bits per heavy atom. The van der Waals surface area contributed by atoms with Gasteiger partial charge in [-0.1, -0.05) is 36.4 Å². The largest absolute Gasteiger partial charge is 0.493 e. The maximum Gasteiger partial charge on any atom is 0.387 e. The molecule has 5 rings (SSSR count). The van der Waals surface area contributed by atoms with Crippen molar-refractivity contribution in [3.8, 4) is 11.5 Å². The summed E-state index contributed by atoms with van der Waals surface area (Å²) in [6, 6.07) is 16.9. The van der Waals surface area contributed by atoms with Gasteiger partial charge in [0.15, 0.2) is 11.5 Å². The van der Waals surface area contributed by atoms with Crippen molar-refractivity contribution < 1.29 is 27.5 Å². The zero-order valence-electron chi connectivity index (χ0n) is 18.1. The SMILES string of the molecule is COc1cc(CN(C(=O)Cc2coc3ccc4ccccc4c23)C2CC2)ccc1OC(F)F. The lowest BCUT2D eigenvalue weighted by Crippen LogP contribution is -2.33. The van der Waals surface area contributed by atoms with E-state index in [0.717, 1.165) is 45.7 Å². The highest BCUT2D eigenvalue weighted by Gasteiger charge is 2.33. The molecule has 0 spiro atoms. The maximum atomic E-state index is 13.4. The van der Waals surface area contributed by atoms with E-state index < -0.39 is 6.61 Å². The number of hydrogen-bond donors (Lipinski definition) is 0. The third-order valence-electron chi connectivity index (χ3n) is 5.99. The Bertz CT molecular complexity index is 1310. The van der Waals surface area contributed by atoms with Gasteiger partial charge in [0.2, 0.25) is 5.91 Å². The van der Waals surface area contributed by atoms with E-state index in [0.29, 0.717) is 6.54 Å². The Hall–Kier alpha value is -3.61. The van der Waals surface area contributed by atoms with E-state index in [1.807, 2.05) is 41.3 Å². The highest BCUT2D eigenvalue weighted by Crippen LogP contribution is 2.34. The molecule has 0 N–H and O–H groups in total. The standard InChI is InChI=1S/C26H23F2NO4/c1-31-23-12-16(6-10-21(23)33-26(27)28)14-29(19-8-9-19)24(30)13-18-15-32-22-11-7-17-4-2-3-5-20(17)25(18)22/h2-7,10-12,15,19,26H,8-9,13-14H2,1H3. The Morgan fingerprint density at radius 1 is 1.12 bits per heavy atom. The lowest BCUT2D eigenvalue weighted by atomic mass is 10.0. The van der Waals surface area contributed by atoms with Gasteiger partial charge in [-0.25, -0.2) is 0 Å². The molecular weight excluding hydrogens is 428 g/mol. The van der Waals surface area contributed by atoms with Gasteiger partial charge < -0.3 is 18.8 Å². The molecule has 4 aromatic rings. The van der Waals surface area contributed by atoms with Gasteiger partial charge >= 0.3 is 6.61 Å². The molecule has 0 unspecified atom stereocenters. The smallest absolute Gasteiger partial charge is 0.387 e. The highest BCUT2D eigenvalue weighted by atomic mass is 19.3. The number of furan rings is 1. The summed E-state index contributed by atoms with van der Waals surface area (Å²) in [7, 11) is 1.40. The van der Waals surface area contributed by atoms with E-state index in [1.54, 1.807) is 18.4 Å². The minimum absolute atomic E-state index is 0.00000737. The van der Waals surface area contributed by atoms with Crippen molar-refractivity contribution in [2.45, 2.75) is 38.5 Å². The predicted octanol–water partition coefficient (Wildman–Crippen LogP) is 5.93. The molecule has 33 heavy (non-hydrogen) atoms. The number of halogens is 2. The van der Waals surface area contributed by atoms with Gasteiger partial charge in [0, 0.05) is 23.5 Å². The normalized spacial score (nSPS) is 13.6. The van der Waals surface area contributed by atoms with Crippen LogP contribution >= 0.6 is 0 Å². The van der Waals surface area contributed by atoms with Gasteiger partial charge in [-0.2, -0.15) is 8.78 Å².